The van der Waals surface area contributed by atoms with Crippen molar-refractivity contribution in [3.63, 3.8) is 0 Å². The van der Waals surface area contributed by atoms with E-state index in [1.807, 2.05) is 24.3 Å². The molecule has 21 heavy (non-hydrogen) atoms. The van der Waals surface area contributed by atoms with E-state index in [0.29, 0.717) is 5.57 Å². The molecular weight excluding hydrogens is 266 g/mol. The maximum absolute atomic E-state index is 12.5. The first-order valence-corrected chi connectivity index (χ1v) is 7.62. The fourth-order valence-electron chi connectivity index (χ4n) is 4.30. The number of piperidine rings is 1. The van der Waals surface area contributed by atoms with E-state index in [4.69, 9.17) is 4.74 Å². The van der Waals surface area contributed by atoms with Gasteiger partial charge in [0, 0.05) is 23.8 Å². The summed E-state index contributed by atoms with van der Waals surface area (Å²) in [5.74, 6) is 0.908. The maximum Gasteiger partial charge on any atom is 0.254 e. The number of carbonyl (C=O) groups excluding carboxylic acids is 1. The van der Waals surface area contributed by atoms with Gasteiger partial charge in [0.2, 0.25) is 0 Å². The number of allylic oxidation sites excluding steroid dienone is 1. The monoisotopic (exact) mass is 285 g/mol. The van der Waals surface area contributed by atoms with Crippen LogP contribution in [0.5, 0.6) is 5.75 Å². The van der Waals surface area contributed by atoms with E-state index in [9.17, 15) is 9.90 Å². The molecule has 0 radical (unpaired) electrons. The second-order valence-electron chi connectivity index (χ2n) is 6.31. The van der Waals surface area contributed by atoms with Crippen LogP contribution in [0.3, 0.4) is 0 Å². The number of para-hydroxylation sites is 1. The molecule has 2 N–H and O–H groups in total. The summed E-state index contributed by atoms with van der Waals surface area (Å²) in [6.45, 7) is 1.60. The third kappa shape index (κ3) is 1.65. The van der Waals surface area contributed by atoms with E-state index < -0.39 is 5.72 Å². The quantitative estimate of drug-likeness (QED) is 0.569. The number of carbonyl (C=O) groups is 1. The van der Waals surface area contributed by atoms with Crippen LogP contribution in [0.2, 0.25) is 0 Å². The minimum absolute atomic E-state index is 0.0611. The molecule has 1 amide bonds. The fraction of sp³-hybridized carbons (Fsp3) is 0.471. The van der Waals surface area contributed by atoms with Crippen molar-refractivity contribution in [2.45, 2.75) is 44.2 Å². The molecule has 1 aromatic carbocycles. The maximum atomic E-state index is 12.5. The minimum Gasteiger partial charge on any atom is -0.512 e. The van der Waals surface area contributed by atoms with Gasteiger partial charge in [0.1, 0.15) is 5.75 Å². The topological polar surface area (TPSA) is 58.6 Å². The lowest BCUT2D eigenvalue weighted by Gasteiger charge is -2.54. The van der Waals surface area contributed by atoms with E-state index in [0.717, 1.165) is 37.0 Å². The van der Waals surface area contributed by atoms with E-state index in [1.54, 1.807) is 6.92 Å². The van der Waals surface area contributed by atoms with Gasteiger partial charge in [-0.15, -0.1) is 0 Å². The Morgan fingerprint density at radius 2 is 2.19 bits per heavy atom. The molecule has 1 saturated carbocycles. The van der Waals surface area contributed by atoms with Gasteiger partial charge >= 0.3 is 0 Å². The van der Waals surface area contributed by atoms with Gasteiger partial charge in [-0.25, -0.2) is 0 Å². The van der Waals surface area contributed by atoms with Crippen LogP contribution in [0.25, 0.3) is 0 Å². The van der Waals surface area contributed by atoms with Gasteiger partial charge in [0.15, 0.2) is 5.72 Å². The Morgan fingerprint density at radius 1 is 1.38 bits per heavy atom. The van der Waals surface area contributed by atoms with Crippen molar-refractivity contribution in [2.24, 2.45) is 5.92 Å². The Bertz CT molecular complexity index is 647. The molecule has 4 nitrogen and oxygen atoms in total. The number of ether oxygens (including phenoxy) is 1. The van der Waals surface area contributed by atoms with Crippen molar-refractivity contribution in [1.29, 1.82) is 0 Å². The molecule has 1 aliphatic carbocycles. The summed E-state index contributed by atoms with van der Waals surface area (Å²) in [6, 6.07) is 7.89. The number of amides is 1. The summed E-state index contributed by atoms with van der Waals surface area (Å²) < 4.78 is 6.26. The van der Waals surface area contributed by atoms with E-state index in [1.165, 1.54) is 0 Å². The molecule has 1 aromatic rings. The van der Waals surface area contributed by atoms with Gasteiger partial charge in [-0.3, -0.25) is 4.79 Å². The molecule has 1 saturated heterocycles. The van der Waals surface area contributed by atoms with Crippen LogP contribution in [-0.2, 0) is 4.79 Å². The van der Waals surface area contributed by atoms with Crippen LogP contribution < -0.4 is 10.1 Å². The predicted molar refractivity (Wildman–Crippen MR) is 78.0 cm³/mol. The SMILES string of the molecule is C/C(O)=C1/C(=O)N[C@@]23CCCC[C@@H]2[C@H]1c1ccccc1O3. The summed E-state index contributed by atoms with van der Waals surface area (Å²) in [7, 11) is 0. The molecule has 2 aliphatic heterocycles. The number of rotatable bonds is 0. The van der Waals surface area contributed by atoms with Gasteiger partial charge in [-0.1, -0.05) is 24.6 Å². The summed E-state index contributed by atoms with van der Waals surface area (Å²) in [4.78, 5) is 12.5. The lowest BCUT2D eigenvalue weighted by molar-refractivity contribution is -0.140. The molecule has 4 rings (SSSR count). The zero-order valence-electron chi connectivity index (χ0n) is 12.1. The first kappa shape index (κ1) is 12.7. The normalized spacial score (nSPS) is 36.0. The summed E-state index contributed by atoms with van der Waals surface area (Å²) in [5.41, 5.74) is 0.944. The third-order valence-electron chi connectivity index (χ3n) is 5.13. The Morgan fingerprint density at radius 3 is 3.00 bits per heavy atom. The number of aliphatic hydroxyl groups excluding tert-OH is 1. The Hall–Kier alpha value is -1.97. The van der Waals surface area contributed by atoms with E-state index >= 15 is 0 Å². The zero-order chi connectivity index (χ0) is 14.6. The molecule has 110 valence electrons. The Balaban J connectivity index is 1.97. The predicted octanol–water partition coefficient (Wildman–Crippen LogP) is 3.01. The number of fused-ring (bicyclic) bond motifs is 2. The standard InChI is InChI=1S/C17H19NO3/c1-10(19)14-15-11-6-2-3-8-13(11)21-17(18-16(14)20)9-5-4-7-12(15)17/h2-3,6,8,12,15,19H,4-5,7,9H2,1H3,(H,18,20)/b14-10-/t12-,15-,17-/m1/s1. The highest BCUT2D eigenvalue weighted by Crippen LogP contribution is 2.55. The van der Waals surface area contributed by atoms with Crippen LogP contribution in [0.15, 0.2) is 35.6 Å². The van der Waals surface area contributed by atoms with Crippen molar-refractivity contribution in [3.8, 4) is 5.75 Å². The number of hydrogen-bond donors (Lipinski definition) is 2. The summed E-state index contributed by atoms with van der Waals surface area (Å²) in [6.07, 6.45) is 4.05. The lowest BCUT2D eigenvalue weighted by Crippen LogP contribution is -2.66. The van der Waals surface area contributed by atoms with Crippen molar-refractivity contribution < 1.29 is 14.6 Å². The molecule has 3 atom stereocenters. The van der Waals surface area contributed by atoms with E-state index in [-0.39, 0.29) is 23.5 Å². The third-order valence-corrected chi connectivity index (χ3v) is 5.13. The molecule has 0 aromatic heterocycles. The second-order valence-corrected chi connectivity index (χ2v) is 6.31. The first-order chi connectivity index (χ1) is 10.1. The van der Waals surface area contributed by atoms with Crippen molar-refractivity contribution >= 4 is 5.91 Å². The number of benzene rings is 1. The second kappa shape index (κ2) is 4.26. The highest BCUT2D eigenvalue weighted by molar-refractivity contribution is 5.97. The fourth-order valence-corrected chi connectivity index (χ4v) is 4.30. The molecule has 0 unspecified atom stereocenters. The molecule has 2 fully saturated rings. The summed E-state index contributed by atoms with van der Waals surface area (Å²) in [5, 5.41) is 13.1. The number of hydrogen-bond acceptors (Lipinski definition) is 3. The zero-order valence-corrected chi connectivity index (χ0v) is 12.1. The average Bonchev–Trinajstić information content (AvgIpc) is 2.45. The smallest absolute Gasteiger partial charge is 0.254 e. The molecule has 2 bridgehead atoms. The largest absolute Gasteiger partial charge is 0.512 e. The highest BCUT2D eigenvalue weighted by atomic mass is 16.5. The van der Waals surface area contributed by atoms with Crippen LogP contribution in [0, 0.1) is 5.92 Å². The van der Waals surface area contributed by atoms with Gasteiger partial charge in [-0.05, 0) is 25.8 Å². The van der Waals surface area contributed by atoms with Gasteiger partial charge in [-0.2, -0.15) is 0 Å². The van der Waals surface area contributed by atoms with Crippen LogP contribution in [-0.4, -0.2) is 16.7 Å². The van der Waals surface area contributed by atoms with Gasteiger partial charge in [0.05, 0.1) is 11.3 Å². The molecule has 0 spiro atoms. The number of aliphatic hydroxyl groups is 1. The first-order valence-electron chi connectivity index (χ1n) is 7.62. The lowest BCUT2D eigenvalue weighted by atomic mass is 9.64. The van der Waals surface area contributed by atoms with Crippen LogP contribution in [0.1, 0.15) is 44.1 Å². The van der Waals surface area contributed by atoms with Crippen molar-refractivity contribution in [3.05, 3.63) is 41.2 Å². The van der Waals surface area contributed by atoms with Crippen molar-refractivity contribution in [2.75, 3.05) is 0 Å². The Labute approximate surface area is 123 Å². The minimum atomic E-state index is -0.590. The molecule has 2 heterocycles. The Kier molecular flexibility index (Phi) is 2.59. The van der Waals surface area contributed by atoms with Gasteiger partial charge in [0.25, 0.3) is 5.91 Å². The van der Waals surface area contributed by atoms with Crippen LogP contribution >= 0.6 is 0 Å². The molecule has 4 heteroatoms. The number of nitrogens with one attached hydrogen (secondary N) is 1. The molecular formula is C17H19NO3. The van der Waals surface area contributed by atoms with E-state index in [2.05, 4.69) is 5.32 Å². The highest BCUT2D eigenvalue weighted by Gasteiger charge is 2.57. The van der Waals surface area contributed by atoms with Crippen molar-refractivity contribution in [1.82, 2.24) is 5.32 Å². The summed E-state index contributed by atoms with van der Waals surface area (Å²) >= 11 is 0. The molecule has 3 aliphatic rings. The van der Waals surface area contributed by atoms with Crippen LogP contribution in [0.4, 0.5) is 0 Å². The van der Waals surface area contributed by atoms with Gasteiger partial charge < -0.3 is 15.2 Å². The average molecular weight is 285 g/mol.